The first-order valence-corrected chi connectivity index (χ1v) is 10.2. The van der Waals surface area contributed by atoms with Crippen LogP contribution >= 0.6 is 0 Å². The van der Waals surface area contributed by atoms with E-state index in [0.717, 1.165) is 28.5 Å². The molecule has 0 aliphatic heterocycles. The molecule has 0 unspecified atom stereocenters. The maximum atomic E-state index is 12.9. The summed E-state index contributed by atoms with van der Waals surface area (Å²) in [5, 5.41) is 4.64. The molecule has 0 spiro atoms. The van der Waals surface area contributed by atoms with Crippen LogP contribution in [0.15, 0.2) is 109 Å². The number of fused-ring (bicyclic) bond motifs is 1. The molecule has 4 aromatic rings. The lowest BCUT2D eigenvalue weighted by atomic mass is 9.96. The minimum atomic E-state index is -4.40. The number of carbonyl (C=O) groups excluding carboxylic acids is 1. The molecule has 0 bridgehead atoms. The van der Waals surface area contributed by atoms with E-state index in [4.69, 9.17) is 0 Å². The number of hydrogen-bond donors (Lipinski definition) is 1. The van der Waals surface area contributed by atoms with E-state index in [-0.39, 0.29) is 5.91 Å². The molecule has 0 aliphatic carbocycles. The number of nitrogens with one attached hydrogen (secondary N) is 1. The molecular formula is C27H19F3N2O. The van der Waals surface area contributed by atoms with Crippen LogP contribution in [0.2, 0.25) is 0 Å². The minimum Gasteiger partial charge on any atom is -0.322 e. The van der Waals surface area contributed by atoms with Crippen molar-refractivity contribution >= 4 is 27.9 Å². The molecule has 0 saturated carbocycles. The highest BCUT2D eigenvalue weighted by atomic mass is 19.4. The van der Waals surface area contributed by atoms with Gasteiger partial charge in [-0.1, -0.05) is 66.7 Å². The third kappa shape index (κ3) is 5.36. The van der Waals surface area contributed by atoms with Crippen LogP contribution in [0.1, 0.15) is 16.7 Å². The molecule has 1 amide bonds. The fraction of sp³-hybridized carbons (Fsp3) is 0.0370. The first-order chi connectivity index (χ1) is 15.9. The smallest absolute Gasteiger partial charge is 0.322 e. The van der Waals surface area contributed by atoms with E-state index < -0.39 is 11.7 Å². The molecule has 1 aromatic heterocycles. The van der Waals surface area contributed by atoms with E-state index in [0.29, 0.717) is 16.8 Å². The summed E-state index contributed by atoms with van der Waals surface area (Å²) in [6.07, 6.45) is 3.66. The molecule has 1 heterocycles. The second kappa shape index (κ2) is 9.53. The third-order valence-electron chi connectivity index (χ3n) is 5.06. The quantitative estimate of drug-likeness (QED) is 0.269. The van der Waals surface area contributed by atoms with Gasteiger partial charge in [0.25, 0.3) is 0 Å². The largest absolute Gasteiger partial charge is 0.416 e. The number of anilines is 1. The van der Waals surface area contributed by atoms with Gasteiger partial charge in [-0.3, -0.25) is 9.78 Å². The predicted octanol–water partition coefficient (Wildman–Crippen LogP) is 6.88. The maximum Gasteiger partial charge on any atom is 0.416 e. The van der Waals surface area contributed by atoms with Crippen molar-refractivity contribution in [3.8, 4) is 0 Å². The highest BCUT2D eigenvalue weighted by Gasteiger charge is 2.30. The van der Waals surface area contributed by atoms with E-state index in [1.54, 1.807) is 24.5 Å². The van der Waals surface area contributed by atoms with Crippen molar-refractivity contribution in [1.82, 2.24) is 4.98 Å². The molecule has 3 aromatic carbocycles. The Hall–Kier alpha value is -4.19. The lowest BCUT2D eigenvalue weighted by Gasteiger charge is -2.11. The number of hydrogen-bond acceptors (Lipinski definition) is 2. The molecular weight excluding hydrogens is 425 g/mol. The van der Waals surface area contributed by atoms with Crippen molar-refractivity contribution in [2.45, 2.75) is 6.18 Å². The van der Waals surface area contributed by atoms with Crippen molar-refractivity contribution in [2.24, 2.45) is 0 Å². The topological polar surface area (TPSA) is 42.0 Å². The first-order valence-electron chi connectivity index (χ1n) is 10.2. The lowest BCUT2D eigenvalue weighted by molar-refractivity contribution is -0.137. The van der Waals surface area contributed by atoms with Crippen molar-refractivity contribution in [3.63, 3.8) is 0 Å². The summed E-state index contributed by atoms with van der Waals surface area (Å²) < 4.78 is 38.8. The van der Waals surface area contributed by atoms with Crippen LogP contribution in [-0.4, -0.2) is 10.9 Å². The Morgan fingerprint density at radius 3 is 2.30 bits per heavy atom. The summed E-state index contributed by atoms with van der Waals surface area (Å²) >= 11 is 0. The van der Waals surface area contributed by atoms with Gasteiger partial charge < -0.3 is 5.32 Å². The summed E-state index contributed by atoms with van der Waals surface area (Å²) in [6, 6.07) is 21.6. The fourth-order valence-electron chi connectivity index (χ4n) is 3.45. The predicted molar refractivity (Wildman–Crippen MR) is 124 cm³/mol. The van der Waals surface area contributed by atoms with Gasteiger partial charge in [0, 0.05) is 34.9 Å². The highest BCUT2D eigenvalue weighted by Crippen LogP contribution is 2.31. The van der Waals surface area contributed by atoms with E-state index in [9.17, 15) is 18.0 Å². The molecule has 4 rings (SSSR count). The minimum absolute atomic E-state index is 0.324. The number of allylic oxidation sites excluding steroid dienone is 2. The highest BCUT2D eigenvalue weighted by molar-refractivity contribution is 6.06. The van der Waals surface area contributed by atoms with Crippen LogP contribution < -0.4 is 5.32 Å². The van der Waals surface area contributed by atoms with Crippen molar-refractivity contribution in [2.75, 3.05) is 5.32 Å². The van der Waals surface area contributed by atoms with Crippen LogP contribution in [0.3, 0.4) is 0 Å². The van der Waals surface area contributed by atoms with Gasteiger partial charge in [0.15, 0.2) is 0 Å². The number of benzene rings is 3. The third-order valence-corrected chi connectivity index (χ3v) is 5.06. The van der Waals surface area contributed by atoms with Crippen molar-refractivity contribution in [1.29, 1.82) is 0 Å². The van der Waals surface area contributed by atoms with Gasteiger partial charge in [0.1, 0.15) is 0 Å². The first kappa shape index (κ1) is 22.0. The van der Waals surface area contributed by atoms with Crippen LogP contribution in [-0.2, 0) is 11.0 Å². The lowest BCUT2D eigenvalue weighted by Crippen LogP contribution is -2.08. The number of rotatable bonds is 5. The van der Waals surface area contributed by atoms with E-state index in [1.807, 2.05) is 54.6 Å². The average molecular weight is 444 g/mol. The van der Waals surface area contributed by atoms with Gasteiger partial charge in [0.2, 0.25) is 5.91 Å². The molecule has 0 atom stereocenters. The Balaban J connectivity index is 1.59. The number of carbonyl (C=O) groups is 1. The van der Waals surface area contributed by atoms with Gasteiger partial charge in [-0.05, 0) is 41.0 Å². The Kier molecular flexibility index (Phi) is 6.36. The number of alkyl halides is 3. The standard InChI is InChI=1S/C27H19F3N2O/c28-27(29,30)22-14-12-20(13-15-22)23(19-6-2-1-3-7-19)9-5-11-26(33)32-25-10-4-8-21-18-31-17-16-24(21)25/h1-18H,(H,32,33)/b11-5+,23-9-. The number of nitrogens with zero attached hydrogens (tertiary/aromatic N) is 1. The van der Waals surface area contributed by atoms with E-state index in [1.165, 1.54) is 18.2 Å². The number of pyridine rings is 1. The van der Waals surface area contributed by atoms with Crippen LogP contribution in [0.25, 0.3) is 16.3 Å². The zero-order chi connectivity index (χ0) is 23.3. The fourth-order valence-corrected chi connectivity index (χ4v) is 3.45. The molecule has 0 radical (unpaired) electrons. The Morgan fingerprint density at radius 1 is 0.848 bits per heavy atom. The number of amides is 1. The monoisotopic (exact) mass is 444 g/mol. The Morgan fingerprint density at radius 2 is 1.58 bits per heavy atom. The molecule has 0 saturated heterocycles. The normalized spacial score (nSPS) is 12.3. The summed E-state index contributed by atoms with van der Waals surface area (Å²) in [4.78, 5) is 16.6. The summed E-state index contributed by atoms with van der Waals surface area (Å²) in [6.45, 7) is 0. The van der Waals surface area contributed by atoms with Gasteiger partial charge >= 0.3 is 6.18 Å². The Bertz CT molecular complexity index is 1320. The molecule has 33 heavy (non-hydrogen) atoms. The van der Waals surface area contributed by atoms with Crippen LogP contribution in [0.4, 0.5) is 18.9 Å². The molecule has 1 N–H and O–H groups in total. The average Bonchev–Trinajstić information content (AvgIpc) is 2.82. The second-order valence-electron chi connectivity index (χ2n) is 7.27. The Labute approximate surface area is 188 Å². The molecule has 0 fully saturated rings. The molecule has 0 aliphatic rings. The van der Waals surface area contributed by atoms with Crippen molar-refractivity contribution < 1.29 is 18.0 Å². The zero-order valence-corrected chi connectivity index (χ0v) is 17.4. The summed E-state index contributed by atoms with van der Waals surface area (Å²) in [5.41, 5.74) is 2.09. The summed E-state index contributed by atoms with van der Waals surface area (Å²) in [5.74, 6) is -0.324. The molecule has 3 nitrogen and oxygen atoms in total. The van der Waals surface area contributed by atoms with Crippen molar-refractivity contribution in [3.05, 3.63) is 126 Å². The van der Waals surface area contributed by atoms with Crippen LogP contribution in [0, 0.1) is 0 Å². The van der Waals surface area contributed by atoms with Gasteiger partial charge in [-0.2, -0.15) is 13.2 Å². The summed E-state index contributed by atoms with van der Waals surface area (Å²) in [7, 11) is 0. The maximum absolute atomic E-state index is 12.9. The molecule has 6 heteroatoms. The van der Waals surface area contributed by atoms with E-state index in [2.05, 4.69) is 10.3 Å². The SMILES string of the molecule is O=C(/C=C/C=C(/c1ccccc1)c1ccc(C(F)(F)F)cc1)Nc1cccc2cnccc12. The number of halogens is 3. The zero-order valence-electron chi connectivity index (χ0n) is 17.4. The van der Waals surface area contributed by atoms with Gasteiger partial charge in [0.05, 0.1) is 5.56 Å². The van der Waals surface area contributed by atoms with Crippen LogP contribution in [0.5, 0.6) is 0 Å². The van der Waals surface area contributed by atoms with Gasteiger partial charge in [-0.15, -0.1) is 0 Å². The second-order valence-corrected chi connectivity index (χ2v) is 7.27. The van der Waals surface area contributed by atoms with Gasteiger partial charge in [-0.25, -0.2) is 0 Å². The molecule has 164 valence electrons. The van der Waals surface area contributed by atoms with E-state index >= 15 is 0 Å². The number of aromatic nitrogens is 1.